The van der Waals surface area contributed by atoms with Crippen molar-refractivity contribution in [3.8, 4) is 11.1 Å². The summed E-state index contributed by atoms with van der Waals surface area (Å²) in [5, 5.41) is 30.7. The molecule has 54 heavy (non-hydrogen) atoms. The Hall–Kier alpha value is -4.56. The number of allylic oxidation sites excluding steroid dienone is 1. The van der Waals surface area contributed by atoms with Gasteiger partial charge < -0.3 is 10.0 Å². The van der Waals surface area contributed by atoms with Crippen LogP contribution in [-0.2, 0) is 6.42 Å². The minimum atomic E-state index is -1.44. The number of fused-ring (bicyclic) bond motifs is 8. The van der Waals surface area contributed by atoms with Gasteiger partial charge in [0.2, 0.25) is 0 Å². The summed E-state index contributed by atoms with van der Waals surface area (Å²) in [5.74, 6) is 0. The molecule has 0 atom stereocenters. The summed E-state index contributed by atoms with van der Waals surface area (Å²) >= 11 is 10.7. The van der Waals surface area contributed by atoms with Gasteiger partial charge in [-0.25, -0.2) is 0 Å². The molecule has 2 nitrogen and oxygen atoms in total. The molecule has 0 heterocycles. The molecule has 0 saturated heterocycles. The summed E-state index contributed by atoms with van der Waals surface area (Å²) in [6, 6.07) is 54.2. The molecule has 0 unspecified atom stereocenters. The van der Waals surface area contributed by atoms with Gasteiger partial charge in [-0.15, -0.1) is 0 Å². The Kier molecular flexibility index (Phi) is 10.8. The molecular weight excluding hydrogens is 859 g/mol. The van der Waals surface area contributed by atoms with Crippen molar-refractivity contribution in [2.75, 3.05) is 0 Å². The van der Waals surface area contributed by atoms with Gasteiger partial charge >= 0.3 is 7.12 Å². The molecule has 0 saturated carbocycles. The fourth-order valence-corrected chi connectivity index (χ4v) is 8.98. The van der Waals surface area contributed by atoms with Crippen LogP contribution in [0.1, 0.15) is 17.5 Å². The first-order valence-electron chi connectivity index (χ1n) is 17.9. The van der Waals surface area contributed by atoms with Crippen LogP contribution in [0.25, 0.3) is 71.1 Å². The van der Waals surface area contributed by atoms with Crippen LogP contribution in [0.5, 0.6) is 0 Å². The molecule has 0 bridgehead atoms. The van der Waals surface area contributed by atoms with Crippen LogP contribution >= 0.6 is 47.8 Å². The first-order valence-corrected chi connectivity index (χ1v) is 20.2. The Balaban J connectivity index is 0.000000124. The minimum absolute atomic E-state index is 0.555. The summed E-state index contributed by atoms with van der Waals surface area (Å²) in [6.07, 6.45) is 6.85. The van der Waals surface area contributed by atoms with E-state index in [2.05, 4.69) is 139 Å². The second-order valence-corrected chi connectivity index (χ2v) is 15.9. The van der Waals surface area contributed by atoms with E-state index in [9.17, 15) is 10.0 Å². The highest BCUT2D eigenvalue weighted by molar-refractivity contribution is 9.11. The zero-order valence-electron chi connectivity index (χ0n) is 29.2. The zero-order chi connectivity index (χ0) is 37.2. The lowest BCUT2D eigenvalue weighted by atomic mass is 9.76. The zero-order valence-corrected chi connectivity index (χ0v) is 33.9. The summed E-state index contributed by atoms with van der Waals surface area (Å²) in [5.41, 5.74) is 6.07. The molecule has 1 aliphatic rings. The number of rotatable bonds is 2. The van der Waals surface area contributed by atoms with Gasteiger partial charge in [-0.05, 0) is 119 Å². The van der Waals surface area contributed by atoms with E-state index in [1.54, 1.807) is 0 Å². The molecule has 0 aliphatic heterocycles. The predicted octanol–water partition coefficient (Wildman–Crippen LogP) is 13.4. The maximum Gasteiger partial charge on any atom is 0.489 e. The number of hydrogen-bond acceptors (Lipinski definition) is 2. The number of benzene rings is 9. The monoisotopic (exact) mass is 890 g/mol. The summed E-state index contributed by atoms with van der Waals surface area (Å²) in [7, 11) is -1.44. The number of halogens is 3. The Morgan fingerprint density at radius 1 is 0.426 bits per heavy atom. The Bertz CT molecular complexity index is 2820. The maximum atomic E-state index is 9.44. The number of aryl methyl sites for hydroxylation is 1. The lowest BCUT2D eigenvalue weighted by Crippen LogP contribution is -2.30. The lowest BCUT2D eigenvalue weighted by Gasteiger charge is -2.18. The van der Waals surface area contributed by atoms with Gasteiger partial charge in [0, 0.05) is 13.4 Å². The summed E-state index contributed by atoms with van der Waals surface area (Å²) in [6.45, 7) is 0. The fourth-order valence-electron chi connectivity index (χ4n) is 7.54. The quantitative estimate of drug-likeness (QED) is 0.134. The highest BCUT2D eigenvalue weighted by Gasteiger charge is 2.17. The Labute approximate surface area is 340 Å². The third-order valence-corrected chi connectivity index (χ3v) is 12.2. The van der Waals surface area contributed by atoms with Crippen molar-refractivity contribution in [1.29, 1.82) is 0 Å². The predicted molar refractivity (Wildman–Crippen MR) is 243 cm³/mol. The van der Waals surface area contributed by atoms with Crippen LogP contribution in [0.15, 0.2) is 177 Å². The van der Waals surface area contributed by atoms with E-state index in [1.807, 2.05) is 78.9 Å². The molecule has 1 aliphatic carbocycles. The molecule has 0 fully saturated rings. The van der Waals surface area contributed by atoms with Crippen LogP contribution in [0.3, 0.4) is 0 Å². The van der Waals surface area contributed by atoms with Crippen LogP contribution in [0.4, 0.5) is 0 Å². The largest absolute Gasteiger partial charge is 0.489 e. The molecular formula is C48H34BBr3O2. The van der Waals surface area contributed by atoms with Crippen molar-refractivity contribution in [3.63, 3.8) is 0 Å². The van der Waals surface area contributed by atoms with E-state index in [-0.39, 0.29) is 0 Å². The van der Waals surface area contributed by atoms with Crippen molar-refractivity contribution in [3.05, 3.63) is 188 Å². The fraction of sp³-hybridized carbons (Fsp3) is 0.0417. The summed E-state index contributed by atoms with van der Waals surface area (Å²) in [4.78, 5) is 0. The highest BCUT2D eigenvalue weighted by Crippen LogP contribution is 2.40. The van der Waals surface area contributed by atoms with Crippen molar-refractivity contribution in [1.82, 2.24) is 0 Å². The molecule has 9 aromatic carbocycles. The molecule has 10 rings (SSSR count). The van der Waals surface area contributed by atoms with E-state index < -0.39 is 7.12 Å². The van der Waals surface area contributed by atoms with Gasteiger partial charge in [-0.1, -0.05) is 193 Å². The molecule has 262 valence electrons. The van der Waals surface area contributed by atoms with Crippen LogP contribution in [0, 0.1) is 0 Å². The van der Waals surface area contributed by atoms with Gasteiger partial charge in [0.15, 0.2) is 0 Å². The van der Waals surface area contributed by atoms with E-state index >= 15 is 0 Å². The van der Waals surface area contributed by atoms with Gasteiger partial charge in [-0.2, -0.15) is 0 Å². The van der Waals surface area contributed by atoms with Crippen molar-refractivity contribution in [2.45, 2.75) is 12.8 Å². The average molecular weight is 893 g/mol. The van der Waals surface area contributed by atoms with Crippen molar-refractivity contribution >= 4 is 120 Å². The van der Waals surface area contributed by atoms with Gasteiger partial charge in [0.1, 0.15) is 0 Å². The van der Waals surface area contributed by atoms with Crippen molar-refractivity contribution < 1.29 is 10.0 Å². The van der Waals surface area contributed by atoms with Gasteiger partial charge in [-0.3, -0.25) is 0 Å². The highest BCUT2D eigenvalue weighted by atomic mass is 79.9. The topological polar surface area (TPSA) is 40.5 Å². The minimum Gasteiger partial charge on any atom is -0.423 e. The normalized spacial score (nSPS) is 11.9. The average Bonchev–Trinajstić information content (AvgIpc) is 3.22. The third kappa shape index (κ3) is 7.17. The molecule has 0 radical (unpaired) electrons. The maximum absolute atomic E-state index is 9.44. The molecule has 0 spiro atoms. The van der Waals surface area contributed by atoms with Crippen molar-refractivity contribution in [2.24, 2.45) is 0 Å². The van der Waals surface area contributed by atoms with Crippen LogP contribution in [0.2, 0.25) is 0 Å². The summed E-state index contributed by atoms with van der Waals surface area (Å²) < 4.78 is 3.43. The Morgan fingerprint density at radius 3 is 1.50 bits per heavy atom. The number of hydrogen-bond donors (Lipinski definition) is 2. The molecule has 0 amide bonds. The molecule has 9 aromatic rings. The smallest absolute Gasteiger partial charge is 0.423 e. The van der Waals surface area contributed by atoms with Crippen LogP contribution in [-0.4, -0.2) is 17.2 Å². The lowest BCUT2D eigenvalue weighted by molar-refractivity contribution is 0.426. The first-order chi connectivity index (χ1) is 26.4. The SMILES string of the molecule is Brc1ccc(-c2cc3c(c4ccccc24)C=CCC3)c2ccccc12.Brc1ccc(Br)c2ccccc12.OB(O)c1cc2ccccc2c2ccccc12. The molecule has 2 N–H and O–H groups in total. The standard InChI is InChI=1S/C24H17Br.C14H11BO2.C10H6Br2/c25-24-14-13-21(19-10-5-6-12-22(19)24)23-15-16-7-1-2-8-17(16)18-9-3-4-11-20(18)23;16-15(17)14-9-10-5-1-2-6-11(10)12-7-3-4-8-13(12)14;11-9-5-6-10(12)8-4-2-1-3-7(8)9/h2-6,8-15H,1,7H2;1-9,16-17H;1-6H. The van der Waals surface area contributed by atoms with E-state index in [4.69, 9.17) is 0 Å². The molecule has 6 heteroatoms. The van der Waals surface area contributed by atoms with Gasteiger partial charge in [0.05, 0.1) is 0 Å². The third-order valence-electron chi connectivity index (χ3n) is 10.1. The van der Waals surface area contributed by atoms with E-state index in [1.165, 1.54) is 54.6 Å². The van der Waals surface area contributed by atoms with Gasteiger partial charge in [0.25, 0.3) is 0 Å². The second kappa shape index (κ2) is 16.0. The van der Waals surface area contributed by atoms with Crippen LogP contribution < -0.4 is 5.46 Å². The first kappa shape index (κ1) is 36.4. The Morgan fingerprint density at radius 2 is 0.889 bits per heavy atom. The molecule has 0 aromatic heterocycles. The van der Waals surface area contributed by atoms with E-state index in [0.29, 0.717) is 5.46 Å². The van der Waals surface area contributed by atoms with E-state index in [0.717, 1.165) is 47.8 Å². The second-order valence-electron chi connectivity index (χ2n) is 13.3.